The fourth-order valence-corrected chi connectivity index (χ4v) is 3.61. The summed E-state index contributed by atoms with van der Waals surface area (Å²) in [4.78, 5) is 4.77. The molecular weight excluding hydrogens is 353 g/mol. The van der Waals surface area contributed by atoms with Gasteiger partial charge in [0.25, 0.3) is 0 Å². The van der Waals surface area contributed by atoms with Crippen LogP contribution >= 0.6 is 23.2 Å². The van der Waals surface area contributed by atoms with Gasteiger partial charge in [0, 0.05) is 21.0 Å². The summed E-state index contributed by atoms with van der Waals surface area (Å²) in [6, 6.07) is 21.6. The average Bonchev–Trinajstić information content (AvgIpc) is 3.05. The lowest BCUT2D eigenvalue weighted by Crippen LogP contribution is -1.81. The summed E-state index contributed by atoms with van der Waals surface area (Å²) in [5.74, 6) is 0.602. The highest BCUT2D eigenvalue weighted by atomic mass is 35.5. The standard InChI is InChI=1S/C21H11Cl2NO/c22-14-5-7-16-12(10-14)2-1-3-18(16)21-24-20-17-8-6-15(23)11-13(17)4-9-19(20)25-21/h1-11H. The fraction of sp³-hybridized carbons (Fsp3) is 0. The van der Waals surface area contributed by atoms with Crippen LogP contribution in [0.5, 0.6) is 0 Å². The molecule has 4 heteroatoms. The molecule has 5 rings (SSSR count). The van der Waals surface area contributed by atoms with E-state index in [4.69, 9.17) is 32.6 Å². The third-order valence-electron chi connectivity index (χ3n) is 4.41. The van der Waals surface area contributed by atoms with Crippen LogP contribution in [0.4, 0.5) is 0 Å². The van der Waals surface area contributed by atoms with Gasteiger partial charge in [0.1, 0.15) is 5.52 Å². The molecule has 2 nitrogen and oxygen atoms in total. The van der Waals surface area contributed by atoms with Crippen LogP contribution < -0.4 is 0 Å². The predicted molar refractivity (Wildman–Crippen MR) is 104 cm³/mol. The minimum Gasteiger partial charge on any atom is -0.436 e. The second-order valence-electron chi connectivity index (χ2n) is 5.97. The van der Waals surface area contributed by atoms with Crippen molar-refractivity contribution >= 4 is 55.8 Å². The van der Waals surface area contributed by atoms with Crippen LogP contribution in [0.1, 0.15) is 0 Å². The number of hydrogen-bond acceptors (Lipinski definition) is 2. The van der Waals surface area contributed by atoms with Crippen LogP contribution in [0.15, 0.2) is 71.1 Å². The largest absolute Gasteiger partial charge is 0.436 e. The maximum Gasteiger partial charge on any atom is 0.227 e. The van der Waals surface area contributed by atoms with Crippen molar-refractivity contribution in [3.05, 3.63) is 76.8 Å². The molecule has 0 aliphatic rings. The van der Waals surface area contributed by atoms with Gasteiger partial charge < -0.3 is 4.42 Å². The zero-order valence-electron chi connectivity index (χ0n) is 13.0. The third-order valence-corrected chi connectivity index (χ3v) is 4.88. The normalized spacial score (nSPS) is 11.6. The molecule has 5 aromatic rings. The molecule has 4 aromatic carbocycles. The molecule has 0 saturated carbocycles. The van der Waals surface area contributed by atoms with Crippen LogP contribution in [0.25, 0.3) is 44.1 Å². The zero-order chi connectivity index (χ0) is 17.0. The molecule has 1 heterocycles. The second-order valence-corrected chi connectivity index (χ2v) is 6.84. The Morgan fingerprint density at radius 1 is 0.720 bits per heavy atom. The van der Waals surface area contributed by atoms with Gasteiger partial charge >= 0.3 is 0 Å². The molecule has 0 aliphatic heterocycles. The van der Waals surface area contributed by atoms with Gasteiger partial charge in [-0.25, -0.2) is 4.98 Å². The van der Waals surface area contributed by atoms with Crippen LogP contribution in [0.2, 0.25) is 10.0 Å². The number of halogens is 2. The highest BCUT2D eigenvalue weighted by Gasteiger charge is 2.13. The molecule has 0 spiro atoms. The van der Waals surface area contributed by atoms with Gasteiger partial charge in [-0.2, -0.15) is 0 Å². The molecule has 0 radical (unpaired) electrons. The van der Waals surface area contributed by atoms with E-state index in [0.717, 1.165) is 38.2 Å². The van der Waals surface area contributed by atoms with E-state index in [1.807, 2.05) is 66.7 Å². The Bertz CT molecular complexity index is 1270. The van der Waals surface area contributed by atoms with E-state index in [9.17, 15) is 0 Å². The summed E-state index contributed by atoms with van der Waals surface area (Å²) < 4.78 is 6.05. The van der Waals surface area contributed by atoms with Crippen LogP contribution in [-0.2, 0) is 0 Å². The fourth-order valence-electron chi connectivity index (χ4n) is 3.25. The minimum atomic E-state index is 0.602. The summed E-state index contributed by atoms with van der Waals surface area (Å²) >= 11 is 12.2. The van der Waals surface area contributed by atoms with Crippen LogP contribution in [0, 0.1) is 0 Å². The van der Waals surface area contributed by atoms with Gasteiger partial charge in [-0.3, -0.25) is 0 Å². The van der Waals surface area contributed by atoms with E-state index in [2.05, 4.69) is 0 Å². The Morgan fingerprint density at radius 2 is 1.44 bits per heavy atom. The van der Waals surface area contributed by atoms with Gasteiger partial charge in [-0.15, -0.1) is 0 Å². The maximum atomic E-state index is 6.11. The number of rotatable bonds is 1. The number of aromatic nitrogens is 1. The lowest BCUT2D eigenvalue weighted by atomic mass is 10.0. The van der Waals surface area contributed by atoms with Crippen molar-refractivity contribution in [2.75, 3.05) is 0 Å². The molecule has 0 fully saturated rings. The SMILES string of the molecule is Clc1ccc2c(-c3nc4c(ccc5cc(Cl)ccc54)o3)cccc2c1. The van der Waals surface area contributed by atoms with Crippen molar-refractivity contribution in [3.63, 3.8) is 0 Å². The third kappa shape index (κ3) is 2.38. The lowest BCUT2D eigenvalue weighted by molar-refractivity contribution is 0.620. The smallest absolute Gasteiger partial charge is 0.227 e. The lowest BCUT2D eigenvalue weighted by Gasteiger charge is -2.03. The van der Waals surface area contributed by atoms with E-state index in [0.29, 0.717) is 15.9 Å². The molecule has 120 valence electrons. The monoisotopic (exact) mass is 363 g/mol. The van der Waals surface area contributed by atoms with Gasteiger partial charge in [0.2, 0.25) is 5.89 Å². The molecule has 0 bridgehead atoms. The molecule has 0 N–H and O–H groups in total. The zero-order valence-corrected chi connectivity index (χ0v) is 14.5. The topological polar surface area (TPSA) is 26.0 Å². The van der Waals surface area contributed by atoms with Crippen molar-refractivity contribution in [2.45, 2.75) is 0 Å². The molecule has 0 aliphatic carbocycles. The molecular formula is C21H11Cl2NO. The number of hydrogen-bond donors (Lipinski definition) is 0. The Kier molecular flexibility index (Phi) is 3.24. The predicted octanol–water partition coefficient (Wildman–Crippen LogP) is 7.11. The summed E-state index contributed by atoms with van der Waals surface area (Å²) in [5.41, 5.74) is 2.55. The van der Waals surface area contributed by atoms with Crippen molar-refractivity contribution in [3.8, 4) is 11.5 Å². The molecule has 0 saturated heterocycles. The summed E-state index contributed by atoms with van der Waals surface area (Å²) in [7, 11) is 0. The second kappa shape index (κ2) is 5.48. The summed E-state index contributed by atoms with van der Waals surface area (Å²) in [5, 5.41) is 5.62. The van der Waals surface area contributed by atoms with Crippen molar-refractivity contribution in [1.29, 1.82) is 0 Å². The Morgan fingerprint density at radius 3 is 2.24 bits per heavy atom. The van der Waals surface area contributed by atoms with Gasteiger partial charge in [0.15, 0.2) is 5.58 Å². The van der Waals surface area contributed by atoms with Crippen molar-refractivity contribution < 1.29 is 4.42 Å². The number of benzene rings is 4. The van der Waals surface area contributed by atoms with E-state index in [1.54, 1.807) is 0 Å². The summed E-state index contributed by atoms with van der Waals surface area (Å²) in [6.45, 7) is 0. The van der Waals surface area contributed by atoms with E-state index in [-0.39, 0.29) is 0 Å². The van der Waals surface area contributed by atoms with E-state index in [1.165, 1.54) is 0 Å². The Hall–Kier alpha value is -2.55. The van der Waals surface area contributed by atoms with Crippen molar-refractivity contribution in [1.82, 2.24) is 4.98 Å². The number of fused-ring (bicyclic) bond motifs is 4. The highest BCUT2D eigenvalue weighted by molar-refractivity contribution is 6.32. The Labute approximate surface area is 153 Å². The van der Waals surface area contributed by atoms with Gasteiger partial charge in [0.05, 0.1) is 0 Å². The first kappa shape index (κ1) is 14.8. The van der Waals surface area contributed by atoms with Crippen LogP contribution in [0.3, 0.4) is 0 Å². The van der Waals surface area contributed by atoms with Crippen LogP contribution in [-0.4, -0.2) is 4.98 Å². The van der Waals surface area contributed by atoms with E-state index < -0.39 is 0 Å². The minimum absolute atomic E-state index is 0.602. The first-order chi connectivity index (χ1) is 12.2. The quantitative estimate of drug-likeness (QED) is 0.317. The average molecular weight is 364 g/mol. The molecule has 1 aromatic heterocycles. The van der Waals surface area contributed by atoms with Gasteiger partial charge in [-0.05, 0) is 52.6 Å². The Balaban J connectivity index is 1.80. The maximum absolute atomic E-state index is 6.11. The summed E-state index contributed by atoms with van der Waals surface area (Å²) in [6.07, 6.45) is 0. The number of oxazole rings is 1. The molecule has 25 heavy (non-hydrogen) atoms. The molecule has 0 atom stereocenters. The first-order valence-corrected chi connectivity index (χ1v) is 8.62. The highest BCUT2D eigenvalue weighted by Crippen LogP contribution is 2.34. The van der Waals surface area contributed by atoms with Gasteiger partial charge in [-0.1, -0.05) is 53.5 Å². The molecule has 0 amide bonds. The number of nitrogens with zero attached hydrogens (tertiary/aromatic N) is 1. The van der Waals surface area contributed by atoms with E-state index >= 15 is 0 Å². The first-order valence-electron chi connectivity index (χ1n) is 7.86. The molecule has 0 unspecified atom stereocenters. The van der Waals surface area contributed by atoms with Crippen molar-refractivity contribution in [2.24, 2.45) is 0 Å².